The smallest absolute Gasteiger partial charge is 0.328 e. The van der Waals surface area contributed by atoms with Crippen molar-refractivity contribution in [3.05, 3.63) is 23.8 Å². The summed E-state index contributed by atoms with van der Waals surface area (Å²) in [6.45, 7) is 2.22. The molecule has 0 heterocycles. The van der Waals surface area contributed by atoms with Crippen molar-refractivity contribution < 1.29 is 9.90 Å². The predicted molar refractivity (Wildman–Crippen MR) is 97.5 cm³/mol. The summed E-state index contributed by atoms with van der Waals surface area (Å²) in [5.41, 5.74) is 0.724. The molecular formula is C15H26O2S3. The van der Waals surface area contributed by atoms with E-state index in [-0.39, 0.29) is 0 Å². The summed E-state index contributed by atoms with van der Waals surface area (Å²) < 4.78 is 0. The maximum absolute atomic E-state index is 10.6. The van der Waals surface area contributed by atoms with Crippen LogP contribution in [0.25, 0.3) is 0 Å². The fourth-order valence-corrected chi connectivity index (χ4v) is 2.56. The fourth-order valence-electron chi connectivity index (χ4n) is 1.85. The van der Waals surface area contributed by atoms with Gasteiger partial charge in [-0.3, -0.25) is 0 Å². The first-order valence-corrected chi connectivity index (χ1v) is 8.85. The maximum Gasteiger partial charge on any atom is 0.328 e. The van der Waals surface area contributed by atoms with E-state index in [9.17, 15) is 4.79 Å². The SMILES string of the molecule is CC(CS)CCCC(CS)CC=CC(=CC(=O)O)CS. The van der Waals surface area contributed by atoms with Gasteiger partial charge in [-0.15, -0.1) is 0 Å². The van der Waals surface area contributed by atoms with Gasteiger partial charge in [0.2, 0.25) is 0 Å². The standard InChI is InChI=1S/C15H26O2S3/c1-12(9-18)4-2-5-13(10-19)6-3-7-14(11-20)8-15(16)17/h3,7-8,12-13,18-20H,2,4-6,9-11H2,1H3,(H,16,17). The molecular weight excluding hydrogens is 308 g/mol. The van der Waals surface area contributed by atoms with Crippen molar-refractivity contribution in [2.24, 2.45) is 11.8 Å². The average molecular weight is 335 g/mol. The predicted octanol–water partition coefficient (Wildman–Crippen LogP) is 4.16. The highest BCUT2D eigenvalue weighted by atomic mass is 32.1. The number of carbonyl (C=O) groups is 1. The lowest BCUT2D eigenvalue weighted by Gasteiger charge is -2.13. The van der Waals surface area contributed by atoms with Gasteiger partial charge >= 0.3 is 5.97 Å². The summed E-state index contributed by atoms with van der Waals surface area (Å²) in [4.78, 5) is 10.6. The zero-order valence-corrected chi connectivity index (χ0v) is 14.7. The first-order chi connectivity index (χ1) is 9.53. The highest BCUT2D eigenvalue weighted by molar-refractivity contribution is 7.80. The van der Waals surface area contributed by atoms with Crippen molar-refractivity contribution in [3.63, 3.8) is 0 Å². The number of carboxylic acids is 1. The second kappa shape index (κ2) is 12.7. The van der Waals surface area contributed by atoms with Crippen LogP contribution in [-0.4, -0.2) is 28.3 Å². The second-order valence-electron chi connectivity index (χ2n) is 5.12. The van der Waals surface area contributed by atoms with E-state index in [0.717, 1.165) is 29.9 Å². The average Bonchev–Trinajstić information content (AvgIpc) is 2.43. The highest BCUT2D eigenvalue weighted by Crippen LogP contribution is 2.18. The largest absolute Gasteiger partial charge is 0.478 e. The summed E-state index contributed by atoms with van der Waals surface area (Å²) in [5, 5.41) is 8.70. The van der Waals surface area contributed by atoms with Crippen molar-refractivity contribution in [2.75, 3.05) is 17.3 Å². The molecule has 2 unspecified atom stereocenters. The monoisotopic (exact) mass is 334 g/mol. The topological polar surface area (TPSA) is 37.3 Å². The third-order valence-corrected chi connectivity index (χ3v) is 4.68. The Bertz CT molecular complexity index is 327. The molecule has 0 aromatic carbocycles. The Morgan fingerprint density at radius 3 is 2.40 bits per heavy atom. The summed E-state index contributed by atoms with van der Waals surface area (Å²) >= 11 is 12.8. The molecule has 0 aromatic heterocycles. The molecule has 0 fully saturated rings. The molecule has 5 heteroatoms. The van der Waals surface area contributed by atoms with Crippen LogP contribution in [-0.2, 0) is 4.79 Å². The zero-order valence-electron chi connectivity index (χ0n) is 12.0. The Hall–Kier alpha value is -0.000000000000000111. The van der Waals surface area contributed by atoms with Crippen LogP contribution < -0.4 is 0 Å². The van der Waals surface area contributed by atoms with Gasteiger partial charge in [0.1, 0.15) is 0 Å². The van der Waals surface area contributed by atoms with E-state index in [1.54, 1.807) is 0 Å². The first kappa shape index (κ1) is 20.0. The van der Waals surface area contributed by atoms with Crippen molar-refractivity contribution in [2.45, 2.75) is 32.6 Å². The van der Waals surface area contributed by atoms with Gasteiger partial charge in [0.25, 0.3) is 0 Å². The lowest BCUT2D eigenvalue weighted by atomic mass is 9.96. The molecule has 0 radical (unpaired) electrons. The van der Waals surface area contributed by atoms with Crippen LogP contribution in [0.1, 0.15) is 32.6 Å². The summed E-state index contributed by atoms with van der Waals surface area (Å²) in [6, 6.07) is 0. The quantitative estimate of drug-likeness (QED) is 0.260. The molecule has 116 valence electrons. The number of hydrogen-bond donors (Lipinski definition) is 4. The van der Waals surface area contributed by atoms with E-state index in [4.69, 9.17) is 5.11 Å². The summed E-state index contributed by atoms with van der Waals surface area (Å²) in [6.07, 6.45) is 9.59. The first-order valence-electron chi connectivity index (χ1n) is 6.96. The number of allylic oxidation sites excluding steroid dienone is 2. The van der Waals surface area contributed by atoms with Crippen LogP contribution in [0.3, 0.4) is 0 Å². The van der Waals surface area contributed by atoms with Crippen LogP contribution in [0.2, 0.25) is 0 Å². The highest BCUT2D eigenvalue weighted by Gasteiger charge is 2.06. The van der Waals surface area contributed by atoms with Gasteiger partial charge in [-0.25, -0.2) is 4.79 Å². The van der Waals surface area contributed by atoms with Crippen LogP contribution >= 0.6 is 37.9 Å². The van der Waals surface area contributed by atoms with Gasteiger partial charge < -0.3 is 5.11 Å². The van der Waals surface area contributed by atoms with E-state index >= 15 is 0 Å². The number of thiol groups is 3. The molecule has 0 aliphatic heterocycles. The summed E-state index contributed by atoms with van der Waals surface area (Å²) in [7, 11) is 0. The fraction of sp³-hybridized carbons (Fsp3) is 0.667. The Labute approximate surface area is 139 Å². The van der Waals surface area contributed by atoms with Crippen molar-refractivity contribution in [3.8, 4) is 0 Å². The molecule has 2 nitrogen and oxygen atoms in total. The van der Waals surface area contributed by atoms with E-state index in [0.29, 0.717) is 17.6 Å². The van der Waals surface area contributed by atoms with E-state index in [1.807, 2.05) is 12.2 Å². The number of rotatable bonds is 11. The van der Waals surface area contributed by atoms with Gasteiger partial charge in [-0.2, -0.15) is 37.9 Å². The number of aliphatic carboxylic acids is 1. The molecule has 1 N–H and O–H groups in total. The second-order valence-corrected chi connectivity index (χ2v) is 6.17. The minimum absolute atomic E-state index is 0.438. The maximum atomic E-state index is 10.6. The van der Waals surface area contributed by atoms with Crippen molar-refractivity contribution in [1.82, 2.24) is 0 Å². The molecule has 0 spiro atoms. The number of carboxylic acid groups (broad SMARTS) is 1. The molecule has 0 rings (SSSR count). The Kier molecular flexibility index (Phi) is 12.7. The third-order valence-electron chi connectivity index (χ3n) is 3.17. The van der Waals surface area contributed by atoms with Gasteiger partial charge in [0.05, 0.1) is 0 Å². The Morgan fingerprint density at radius 1 is 1.20 bits per heavy atom. The van der Waals surface area contributed by atoms with E-state index in [1.165, 1.54) is 18.9 Å². The van der Waals surface area contributed by atoms with Crippen molar-refractivity contribution in [1.29, 1.82) is 0 Å². The van der Waals surface area contributed by atoms with Crippen molar-refractivity contribution >= 4 is 43.9 Å². The van der Waals surface area contributed by atoms with Crippen LogP contribution in [0, 0.1) is 11.8 Å². The van der Waals surface area contributed by atoms with Gasteiger partial charge in [-0.1, -0.05) is 25.5 Å². The minimum atomic E-state index is -0.926. The molecule has 0 aliphatic rings. The minimum Gasteiger partial charge on any atom is -0.478 e. The van der Waals surface area contributed by atoms with Gasteiger partial charge in [-0.05, 0) is 48.2 Å². The molecule has 20 heavy (non-hydrogen) atoms. The lowest BCUT2D eigenvalue weighted by molar-refractivity contribution is -0.131. The van der Waals surface area contributed by atoms with Crippen LogP contribution in [0.4, 0.5) is 0 Å². The molecule has 0 amide bonds. The van der Waals surface area contributed by atoms with E-state index in [2.05, 4.69) is 44.8 Å². The Morgan fingerprint density at radius 2 is 1.90 bits per heavy atom. The molecule has 0 aromatic rings. The summed E-state index contributed by atoms with van der Waals surface area (Å²) in [5.74, 6) is 2.53. The van der Waals surface area contributed by atoms with Gasteiger partial charge in [0, 0.05) is 11.8 Å². The lowest BCUT2D eigenvalue weighted by Crippen LogP contribution is -2.03. The van der Waals surface area contributed by atoms with E-state index < -0.39 is 5.97 Å². The normalized spacial score (nSPS) is 15.5. The molecule has 0 saturated carbocycles. The molecule has 0 aliphatic carbocycles. The van der Waals surface area contributed by atoms with Crippen LogP contribution in [0.5, 0.6) is 0 Å². The molecule has 2 atom stereocenters. The molecule has 0 saturated heterocycles. The number of hydrogen-bond acceptors (Lipinski definition) is 4. The zero-order chi connectivity index (χ0) is 15.4. The Balaban J connectivity index is 4.13. The molecule has 0 bridgehead atoms. The van der Waals surface area contributed by atoms with Gasteiger partial charge in [0.15, 0.2) is 0 Å². The third kappa shape index (κ3) is 10.7. The van der Waals surface area contributed by atoms with Crippen LogP contribution in [0.15, 0.2) is 23.8 Å².